The highest BCUT2D eigenvalue weighted by molar-refractivity contribution is 7.92. The van der Waals surface area contributed by atoms with Gasteiger partial charge in [-0.2, -0.15) is 13.2 Å². The van der Waals surface area contributed by atoms with Gasteiger partial charge in [0.25, 0.3) is 9.84 Å². The molecule has 0 bridgehead atoms. The molecule has 1 fully saturated rings. The highest BCUT2D eigenvalue weighted by Gasteiger charge is 2.47. The maximum atomic E-state index is 12.7. The van der Waals surface area contributed by atoms with Crippen molar-refractivity contribution in [1.82, 2.24) is 4.98 Å². The summed E-state index contributed by atoms with van der Waals surface area (Å²) in [4.78, 5) is 17.6. The normalized spacial score (nSPS) is 18.3. The first-order valence-corrected chi connectivity index (χ1v) is 9.74. The number of carbonyl (C=O) groups excluding carboxylic acids is 1. The molecule has 1 aliphatic rings. The lowest BCUT2D eigenvalue weighted by atomic mass is 10.1. The number of aliphatic hydroxyl groups is 1. The van der Waals surface area contributed by atoms with E-state index in [0.29, 0.717) is 30.7 Å². The lowest BCUT2D eigenvalue weighted by Gasteiger charge is -2.12. The average Bonchev–Trinajstić information content (AvgIpc) is 3.22. The summed E-state index contributed by atoms with van der Waals surface area (Å²) in [6, 6.07) is 3.84. The minimum atomic E-state index is -5.53. The van der Waals surface area contributed by atoms with Crippen molar-refractivity contribution < 1.29 is 31.5 Å². The monoisotopic (exact) mass is 406 g/mol. The van der Waals surface area contributed by atoms with E-state index in [1.54, 1.807) is 4.90 Å². The number of sulfone groups is 1. The summed E-state index contributed by atoms with van der Waals surface area (Å²) in [5.74, 6) is -0.618. The molecule has 1 saturated heterocycles. The summed E-state index contributed by atoms with van der Waals surface area (Å²) in [6.45, 7) is 0.974. The van der Waals surface area contributed by atoms with Gasteiger partial charge in [0.15, 0.2) is 5.13 Å². The molecule has 2 heterocycles. The number of carbonyl (C=O) groups is 1. The third-order valence-corrected chi connectivity index (χ3v) is 6.40. The predicted octanol–water partition coefficient (Wildman–Crippen LogP) is 2.24. The van der Waals surface area contributed by atoms with Crippen LogP contribution in [-0.4, -0.2) is 49.0 Å². The molecule has 0 saturated carbocycles. The Hall–Kier alpha value is -1.98. The van der Waals surface area contributed by atoms with Crippen LogP contribution in [0.5, 0.6) is 0 Å². The number of halogens is 3. The van der Waals surface area contributed by atoms with Crippen molar-refractivity contribution in [3.63, 3.8) is 0 Å². The Bertz CT molecular complexity index is 940. The maximum Gasteiger partial charge on any atom is 0.501 e. The van der Waals surface area contributed by atoms with Crippen molar-refractivity contribution in [2.45, 2.75) is 22.9 Å². The number of β-amino-alcohol motifs (C(OH)–C–C–N with tert-alkyl or cyclic N) is 1. The fraction of sp³-hybridized carbons (Fsp3) is 0.333. The van der Waals surface area contributed by atoms with Crippen LogP contribution in [0.25, 0.3) is 0 Å². The topological polar surface area (TPSA) is 87.6 Å². The SMILES string of the molecule is O=C(c1cccc(S(=O)(=O)C(F)(F)F)c1)c1cnc(N2CC[C@H](O)C2)s1. The first kappa shape index (κ1) is 18.8. The van der Waals surface area contributed by atoms with Gasteiger partial charge in [0.1, 0.15) is 0 Å². The molecule has 0 unspecified atom stereocenters. The molecule has 0 radical (unpaired) electrons. The Labute approximate surface area is 150 Å². The molecule has 26 heavy (non-hydrogen) atoms. The van der Waals surface area contributed by atoms with E-state index in [-0.39, 0.29) is 10.4 Å². The molecule has 11 heteroatoms. The van der Waals surface area contributed by atoms with Crippen LogP contribution in [0.3, 0.4) is 0 Å². The van der Waals surface area contributed by atoms with Crippen LogP contribution in [0.15, 0.2) is 35.4 Å². The molecular weight excluding hydrogens is 393 g/mol. The molecule has 1 aromatic heterocycles. The number of alkyl halides is 3. The predicted molar refractivity (Wildman–Crippen MR) is 88.1 cm³/mol. The Kier molecular flexibility index (Phi) is 4.80. The summed E-state index contributed by atoms with van der Waals surface area (Å²) in [5, 5.41) is 10.1. The lowest BCUT2D eigenvalue weighted by molar-refractivity contribution is -0.0436. The minimum Gasteiger partial charge on any atom is -0.391 e. The number of hydrogen-bond acceptors (Lipinski definition) is 7. The molecule has 1 N–H and O–H groups in total. The molecule has 0 aliphatic carbocycles. The third-order valence-electron chi connectivity index (χ3n) is 3.86. The standard InChI is InChI=1S/C15H13F3N2O4S2/c16-15(17,18)26(23,24)11-3-1-2-9(6-11)13(22)12-7-19-14(25-12)20-5-4-10(21)8-20/h1-3,6-7,10,21H,4-5,8H2/t10-/m0/s1. The second kappa shape index (κ2) is 6.63. The summed E-state index contributed by atoms with van der Waals surface area (Å²) in [7, 11) is -5.53. The molecule has 2 aromatic rings. The quantitative estimate of drug-likeness (QED) is 0.784. The van der Waals surface area contributed by atoms with Gasteiger partial charge < -0.3 is 10.0 Å². The summed E-state index contributed by atoms with van der Waals surface area (Å²) in [5.41, 5.74) is -5.62. The first-order valence-electron chi connectivity index (χ1n) is 7.44. The summed E-state index contributed by atoms with van der Waals surface area (Å²) >= 11 is 1.04. The van der Waals surface area contributed by atoms with Gasteiger partial charge in [-0.15, -0.1) is 0 Å². The Morgan fingerprint density at radius 3 is 2.69 bits per heavy atom. The van der Waals surface area contributed by atoms with E-state index < -0.39 is 32.1 Å². The lowest BCUT2D eigenvalue weighted by Crippen LogP contribution is -2.23. The van der Waals surface area contributed by atoms with Crippen molar-refractivity contribution in [3.05, 3.63) is 40.9 Å². The van der Waals surface area contributed by atoms with Crippen LogP contribution in [0.4, 0.5) is 18.3 Å². The average molecular weight is 406 g/mol. The van der Waals surface area contributed by atoms with Crippen molar-refractivity contribution in [3.8, 4) is 0 Å². The summed E-state index contributed by atoms with van der Waals surface area (Å²) in [6.07, 6.45) is 1.40. The van der Waals surface area contributed by atoms with Crippen molar-refractivity contribution in [1.29, 1.82) is 0 Å². The van der Waals surface area contributed by atoms with Crippen molar-refractivity contribution in [2.75, 3.05) is 18.0 Å². The van der Waals surface area contributed by atoms with Crippen molar-refractivity contribution in [2.24, 2.45) is 0 Å². The van der Waals surface area contributed by atoms with Crippen LogP contribution in [0.2, 0.25) is 0 Å². The number of thiazole rings is 1. The number of rotatable bonds is 4. The van der Waals surface area contributed by atoms with Crippen LogP contribution in [-0.2, 0) is 9.84 Å². The van der Waals surface area contributed by atoms with Gasteiger partial charge in [0.05, 0.1) is 22.1 Å². The summed E-state index contributed by atoms with van der Waals surface area (Å²) < 4.78 is 61.0. The Balaban J connectivity index is 1.87. The largest absolute Gasteiger partial charge is 0.501 e. The van der Waals surface area contributed by atoms with Gasteiger partial charge in [-0.05, 0) is 18.6 Å². The number of benzene rings is 1. The number of ketones is 1. The fourth-order valence-corrected chi connectivity index (χ4v) is 4.23. The zero-order valence-electron chi connectivity index (χ0n) is 13.1. The van der Waals surface area contributed by atoms with Crippen LogP contribution in [0.1, 0.15) is 21.7 Å². The van der Waals surface area contributed by atoms with E-state index in [0.717, 1.165) is 23.5 Å². The minimum absolute atomic E-state index is 0.169. The second-order valence-corrected chi connectivity index (χ2v) is 8.65. The number of nitrogens with zero attached hydrogens (tertiary/aromatic N) is 2. The highest BCUT2D eigenvalue weighted by Crippen LogP contribution is 2.32. The zero-order valence-corrected chi connectivity index (χ0v) is 14.7. The van der Waals surface area contributed by atoms with Gasteiger partial charge in [-0.3, -0.25) is 4.79 Å². The second-order valence-electron chi connectivity index (χ2n) is 5.70. The first-order chi connectivity index (χ1) is 12.1. The smallest absolute Gasteiger partial charge is 0.391 e. The Morgan fingerprint density at radius 2 is 2.08 bits per heavy atom. The van der Waals surface area contributed by atoms with Gasteiger partial charge in [0, 0.05) is 18.7 Å². The molecule has 140 valence electrons. The van der Waals surface area contributed by atoms with Crippen LogP contribution >= 0.6 is 11.3 Å². The van der Waals surface area contributed by atoms with Crippen LogP contribution < -0.4 is 4.90 Å². The number of aromatic nitrogens is 1. The number of hydrogen-bond donors (Lipinski definition) is 1. The maximum absolute atomic E-state index is 12.7. The molecule has 1 aliphatic heterocycles. The molecule has 0 amide bonds. The molecule has 1 aromatic carbocycles. The van der Waals surface area contributed by atoms with Gasteiger partial charge >= 0.3 is 5.51 Å². The third kappa shape index (κ3) is 3.46. The van der Waals surface area contributed by atoms with Crippen molar-refractivity contribution >= 4 is 32.1 Å². The number of anilines is 1. The highest BCUT2D eigenvalue weighted by atomic mass is 32.2. The van der Waals surface area contributed by atoms with E-state index >= 15 is 0 Å². The molecule has 3 rings (SSSR count). The van der Waals surface area contributed by atoms with Crippen LogP contribution in [0, 0.1) is 0 Å². The van der Waals surface area contributed by atoms with Gasteiger partial charge in [-0.1, -0.05) is 23.5 Å². The Morgan fingerprint density at radius 1 is 1.35 bits per heavy atom. The molecular formula is C15H13F3N2O4S2. The van der Waals surface area contributed by atoms with E-state index in [1.807, 2.05) is 0 Å². The molecule has 0 spiro atoms. The fourth-order valence-electron chi connectivity index (χ4n) is 2.51. The van der Waals surface area contributed by atoms with E-state index in [9.17, 15) is 31.5 Å². The molecule has 1 atom stereocenters. The van der Waals surface area contributed by atoms with Gasteiger partial charge in [0.2, 0.25) is 5.78 Å². The number of aliphatic hydroxyl groups excluding tert-OH is 1. The van der Waals surface area contributed by atoms with E-state index in [1.165, 1.54) is 12.3 Å². The zero-order chi connectivity index (χ0) is 19.1. The molecule has 6 nitrogen and oxygen atoms in total. The van der Waals surface area contributed by atoms with E-state index in [2.05, 4.69) is 4.98 Å². The van der Waals surface area contributed by atoms with E-state index in [4.69, 9.17) is 0 Å². The van der Waals surface area contributed by atoms with Gasteiger partial charge in [-0.25, -0.2) is 13.4 Å².